The number of ether oxygens (including phenoxy) is 1. The molecule has 0 amide bonds. The maximum Gasteiger partial charge on any atom is 0.147 e. The van der Waals surface area contributed by atoms with Crippen molar-refractivity contribution >= 4 is 33.3 Å². The molecule has 0 unspecified atom stereocenters. The molecule has 1 aromatic carbocycles. The summed E-state index contributed by atoms with van der Waals surface area (Å²) in [6, 6.07) is 6.28. The Bertz CT molecular complexity index is 521. The van der Waals surface area contributed by atoms with Crippen LogP contribution in [0.4, 0.5) is 0 Å². The summed E-state index contributed by atoms with van der Waals surface area (Å²) in [7, 11) is 0. The maximum atomic E-state index is 12.6. The number of carbonyl (C=O) groups excluding carboxylic acids is 1. The predicted octanol–water partition coefficient (Wildman–Crippen LogP) is 4.01. The molecule has 4 heteroatoms. The molecule has 0 radical (unpaired) electrons. The standard InChI is InChI=1S/C16H18BrClO2/c17-12-1-2-14-11(9-12)10-15(19)16(14)5-3-13(4-6-16)20-8-7-18/h1-2,9,13H,3-8,10H2. The molecule has 0 saturated heterocycles. The molecule has 1 spiro atoms. The first-order valence-corrected chi connectivity index (χ1v) is 8.48. The van der Waals surface area contributed by atoms with E-state index in [-0.39, 0.29) is 11.5 Å². The summed E-state index contributed by atoms with van der Waals surface area (Å²) < 4.78 is 6.78. The first kappa shape index (κ1) is 14.6. The van der Waals surface area contributed by atoms with Crippen LogP contribution >= 0.6 is 27.5 Å². The molecule has 108 valence electrons. The number of hydrogen-bond donors (Lipinski definition) is 0. The first-order chi connectivity index (χ1) is 9.65. The minimum absolute atomic E-state index is 0.239. The highest BCUT2D eigenvalue weighted by atomic mass is 79.9. The van der Waals surface area contributed by atoms with Gasteiger partial charge >= 0.3 is 0 Å². The Morgan fingerprint density at radius 3 is 2.80 bits per heavy atom. The fourth-order valence-electron chi connectivity index (χ4n) is 3.68. The summed E-state index contributed by atoms with van der Waals surface area (Å²) in [6.07, 6.45) is 4.59. The summed E-state index contributed by atoms with van der Waals surface area (Å²) in [5.41, 5.74) is 2.21. The summed E-state index contributed by atoms with van der Waals surface area (Å²) in [4.78, 5) is 12.6. The molecule has 2 aliphatic rings. The molecule has 0 N–H and O–H groups in total. The predicted molar refractivity (Wildman–Crippen MR) is 83.5 cm³/mol. The summed E-state index contributed by atoms with van der Waals surface area (Å²) in [5, 5.41) is 0. The zero-order chi connectivity index (χ0) is 14.2. The van der Waals surface area contributed by atoms with E-state index in [0.29, 0.717) is 24.7 Å². The van der Waals surface area contributed by atoms with Crippen LogP contribution in [0.25, 0.3) is 0 Å². The van der Waals surface area contributed by atoms with E-state index < -0.39 is 0 Å². The van der Waals surface area contributed by atoms with Crippen LogP contribution in [0.3, 0.4) is 0 Å². The zero-order valence-corrected chi connectivity index (χ0v) is 13.7. The van der Waals surface area contributed by atoms with Crippen LogP contribution in [-0.2, 0) is 21.4 Å². The van der Waals surface area contributed by atoms with Crippen molar-refractivity contribution < 1.29 is 9.53 Å². The Balaban J connectivity index is 1.80. The largest absolute Gasteiger partial charge is 0.377 e. The number of carbonyl (C=O) groups is 1. The second-order valence-corrected chi connectivity index (χ2v) is 7.04. The number of benzene rings is 1. The number of halogens is 2. The smallest absolute Gasteiger partial charge is 0.147 e. The van der Waals surface area contributed by atoms with Crippen molar-refractivity contribution in [3.05, 3.63) is 33.8 Å². The van der Waals surface area contributed by atoms with Crippen molar-refractivity contribution in [1.29, 1.82) is 0 Å². The van der Waals surface area contributed by atoms with Gasteiger partial charge in [0.05, 0.1) is 18.1 Å². The molecule has 20 heavy (non-hydrogen) atoms. The third-order valence-electron chi connectivity index (χ3n) is 4.68. The molecule has 0 bridgehead atoms. The second kappa shape index (κ2) is 5.78. The molecule has 1 fully saturated rings. The van der Waals surface area contributed by atoms with E-state index in [0.717, 1.165) is 30.2 Å². The molecule has 0 heterocycles. The Labute approximate surface area is 133 Å². The summed E-state index contributed by atoms with van der Waals surface area (Å²) in [6.45, 7) is 0.608. The lowest BCUT2D eigenvalue weighted by molar-refractivity contribution is -0.125. The molecule has 0 atom stereocenters. The monoisotopic (exact) mass is 356 g/mol. The van der Waals surface area contributed by atoms with E-state index in [9.17, 15) is 4.79 Å². The molecule has 2 nitrogen and oxygen atoms in total. The third kappa shape index (κ3) is 2.44. The number of rotatable bonds is 3. The van der Waals surface area contributed by atoms with E-state index in [1.165, 1.54) is 11.1 Å². The van der Waals surface area contributed by atoms with Gasteiger partial charge in [0.25, 0.3) is 0 Å². The molecule has 1 saturated carbocycles. The normalized spacial score (nSPS) is 28.9. The minimum atomic E-state index is -0.239. The quantitative estimate of drug-likeness (QED) is 0.764. The van der Waals surface area contributed by atoms with E-state index in [4.69, 9.17) is 16.3 Å². The van der Waals surface area contributed by atoms with Gasteiger partial charge in [0.15, 0.2) is 0 Å². The minimum Gasteiger partial charge on any atom is -0.377 e. The maximum absolute atomic E-state index is 12.6. The molecule has 0 aromatic heterocycles. The van der Waals surface area contributed by atoms with Gasteiger partial charge in [-0.1, -0.05) is 22.0 Å². The van der Waals surface area contributed by atoms with Gasteiger partial charge in [0.1, 0.15) is 5.78 Å². The third-order valence-corrected chi connectivity index (χ3v) is 5.33. The molecular weight excluding hydrogens is 340 g/mol. The average Bonchev–Trinajstić information content (AvgIpc) is 2.70. The SMILES string of the molecule is O=C1Cc2cc(Br)ccc2C12CCC(OCCCl)CC2. The lowest BCUT2D eigenvalue weighted by atomic mass is 9.69. The lowest BCUT2D eigenvalue weighted by Crippen LogP contribution is -2.38. The molecule has 2 aliphatic carbocycles. The number of fused-ring (bicyclic) bond motifs is 2. The second-order valence-electron chi connectivity index (χ2n) is 5.74. The zero-order valence-electron chi connectivity index (χ0n) is 11.3. The molecule has 0 aliphatic heterocycles. The topological polar surface area (TPSA) is 26.3 Å². The average molecular weight is 358 g/mol. The fourth-order valence-corrected chi connectivity index (χ4v) is 4.18. The highest BCUT2D eigenvalue weighted by molar-refractivity contribution is 9.10. The van der Waals surface area contributed by atoms with Crippen LogP contribution in [0.5, 0.6) is 0 Å². The number of hydrogen-bond acceptors (Lipinski definition) is 2. The van der Waals surface area contributed by atoms with Crippen LogP contribution in [0.1, 0.15) is 36.8 Å². The van der Waals surface area contributed by atoms with Gasteiger partial charge in [-0.25, -0.2) is 0 Å². The van der Waals surface area contributed by atoms with Gasteiger partial charge in [0.2, 0.25) is 0 Å². The Morgan fingerprint density at radius 2 is 2.10 bits per heavy atom. The van der Waals surface area contributed by atoms with Gasteiger partial charge in [-0.05, 0) is 48.9 Å². The van der Waals surface area contributed by atoms with Gasteiger partial charge in [0, 0.05) is 16.8 Å². The van der Waals surface area contributed by atoms with E-state index >= 15 is 0 Å². The Morgan fingerprint density at radius 1 is 1.35 bits per heavy atom. The van der Waals surface area contributed by atoms with Gasteiger partial charge < -0.3 is 4.74 Å². The fraction of sp³-hybridized carbons (Fsp3) is 0.562. The van der Waals surface area contributed by atoms with Crippen molar-refractivity contribution in [2.75, 3.05) is 12.5 Å². The van der Waals surface area contributed by atoms with Crippen LogP contribution in [0.15, 0.2) is 22.7 Å². The molecule has 1 aromatic rings. The van der Waals surface area contributed by atoms with E-state index in [2.05, 4.69) is 34.1 Å². The van der Waals surface area contributed by atoms with Gasteiger partial charge in [-0.3, -0.25) is 4.79 Å². The van der Waals surface area contributed by atoms with Crippen LogP contribution in [-0.4, -0.2) is 24.4 Å². The lowest BCUT2D eigenvalue weighted by Gasteiger charge is -2.36. The van der Waals surface area contributed by atoms with E-state index in [1.54, 1.807) is 0 Å². The van der Waals surface area contributed by atoms with Crippen molar-refractivity contribution in [2.45, 2.75) is 43.6 Å². The Kier molecular flexibility index (Phi) is 4.21. The first-order valence-electron chi connectivity index (χ1n) is 7.15. The number of Topliss-reactive ketones (excluding diaryl/α,β-unsaturated/α-hetero) is 1. The van der Waals surface area contributed by atoms with Crippen molar-refractivity contribution in [3.8, 4) is 0 Å². The highest BCUT2D eigenvalue weighted by Gasteiger charge is 2.48. The van der Waals surface area contributed by atoms with Gasteiger partial charge in [-0.2, -0.15) is 0 Å². The van der Waals surface area contributed by atoms with Crippen molar-refractivity contribution in [2.24, 2.45) is 0 Å². The highest BCUT2D eigenvalue weighted by Crippen LogP contribution is 2.47. The van der Waals surface area contributed by atoms with Gasteiger partial charge in [-0.15, -0.1) is 11.6 Å². The van der Waals surface area contributed by atoms with Crippen LogP contribution in [0, 0.1) is 0 Å². The number of alkyl halides is 1. The van der Waals surface area contributed by atoms with Crippen molar-refractivity contribution in [1.82, 2.24) is 0 Å². The molecular formula is C16H18BrClO2. The van der Waals surface area contributed by atoms with Crippen molar-refractivity contribution in [3.63, 3.8) is 0 Å². The number of ketones is 1. The summed E-state index contributed by atoms with van der Waals surface area (Å²) in [5.74, 6) is 0.929. The summed E-state index contributed by atoms with van der Waals surface area (Å²) >= 11 is 9.15. The van der Waals surface area contributed by atoms with E-state index in [1.807, 2.05) is 0 Å². The molecule has 3 rings (SSSR count). The van der Waals surface area contributed by atoms with Crippen LogP contribution < -0.4 is 0 Å². The Hall–Kier alpha value is -0.380. The van der Waals surface area contributed by atoms with Crippen LogP contribution in [0.2, 0.25) is 0 Å².